The van der Waals surface area contributed by atoms with Crippen LogP contribution in [0.2, 0.25) is 0 Å². The van der Waals surface area contributed by atoms with E-state index >= 15 is 0 Å². The van der Waals surface area contributed by atoms with Crippen molar-refractivity contribution in [1.29, 1.82) is 0 Å². The summed E-state index contributed by atoms with van der Waals surface area (Å²) in [4.78, 5) is 4.26. The second-order valence-electron chi connectivity index (χ2n) is 4.54. The predicted octanol–water partition coefficient (Wildman–Crippen LogP) is 1.08. The first-order valence-corrected chi connectivity index (χ1v) is 6.38. The molecule has 1 fully saturated rings. The van der Waals surface area contributed by atoms with Gasteiger partial charge in [0.1, 0.15) is 6.61 Å². The molecule has 102 valence electrons. The second-order valence-corrected chi connectivity index (χ2v) is 4.54. The van der Waals surface area contributed by atoms with Crippen molar-refractivity contribution in [2.24, 2.45) is 0 Å². The minimum absolute atomic E-state index is 0.216. The molecule has 0 radical (unpaired) electrons. The summed E-state index contributed by atoms with van der Waals surface area (Å²) in [6, 6.07) is 0. The molecule has 0 amide bonds. The predicted molar refractivity (Wildman–Crippen MR) is 64.3 cm³/mol. The molecule has 0 aliphatic carbocycles. The molecule has 3 rings (SSSR count). The van der Waals surface area contributed by atoms with E-state index in [9.17, 15) is 0 Å². The van der Waals surface area contributed by atoms with Gasteiger partial charge in [-0.25, -0.2) is 0 Å². The molecule has 2 aromatic rings. The third-order valence-electron chi connectivity index (χ3n) is 2.98. The number of nitrogens with one attached hydrogen (secondary N) is 1. The zero-order valence-electron chi connectivity index (χ0n) is 10.5. The van der Waals surface area contributed by atoms with Gasteiger partial charge in [-0.2, -0.15) is 10.1 Å². The maximum absolute atomic E-state index is 5.51. The Kier molecular flexibility index (Phi) is 3.85. The van der Waals surface area contributed by atoms with Gasteiger partial charge in [0.15, 0.2) is 5.82 Å². The van der Waals surface area contributed by atoms with Crippen LogP contribution in [-0.4, -0.2) is 39.7 Å². The molecule has 1 atom stereocenters. The molecular weight excluding hydrogens is 248 g/mol. The molecule has 7 heteroatoms. The first kappa shape index (κ1) is 12.3. The summed E-state index contributed by atoms with van der Waals surface area (Å²) in [6.45, 7) is 1.75. The molecule has 1 saturated heterocycles. The number of hydrogen-bond donors (Lipinski definition) is 1. The first-order valence-electron chi connectivity index (χ1n) is 6.38. The van der Waals surface area contributed by atoms with E-state index in [0.29, 0.717) is 31.3 Å². The maximum Gasteiger partial charge on any atom is 0.252 e. The quantitative estimate of drug-likeness (QED) is 0.840. The van der Waals surface area contributed by atoms with E-state index in [4.69, 9.17) is 14.0 Å². The Balaban J connectivity index is 1.45. The third-order valence-corrected chi connectivity index (χ3v) is 2.98. The van der Waals surface area contributed by atoms with Gasteiger partial charge in [-0.15, -0.1) is 0 Å². The Bertz CT molecular complexity index is 491. The van der Waals surface area contributed by atoms with Crippen LogP contribution in [0.15, 0.2) is 16.9 Å². The molecule has 0 spiro atoms. The molecule has 7 nitrogen and oxygen atoms in total. The van der Waals surface area contributed by atoms with E-state index in [2.05, 4.69) is 20.3 Å². The van der Waals surface area contributed by atoms with Gasteiger partial charge in [0.25, 0.3) is 5.89 Å². The summed E-state index contributed by atoms with van der Waals surface area (Å²) < 4.78 is 16.1. The van der Waals surface area contributed by atoms with Crippen molar-refractivity contribution in [3.63, 3.8) is 0 Å². The number of aromatic nitrogens is 4. The minimum Gasteiger partial charge on any atom is -0.376 e. The van der Waals surface area contributed by atoms with Gasteiger partial charge in [-0.05, 0) is 18.4 Å². The highest BCUT2D eigenvalue weighted by Gasteiger charge is 2.16. The Hall–Kier alpha value is -1.73. The third kappa shape index (κ3) is 3.39. The van der Waals surface area contributed by atoms with Gasteiger partial charge in [0.05, 0.1) is 18.9 Å². The van der Waals surface area contributed by atoms with Crippen LogP contribution in [-0.2, 0) is 22.5 Å². The Morgan fingerprint density at radius 3 is 3.26 bits per heavy atom. The van der Waals surface area contributed by atoms with Crippen molar-refractivity contribution in [3.8, 4) is 0 Å². The molecule has 2 aromatic heterocycles. The zero-order valence-corrected chi connectivity index (χ0v) is 10.5. The highest BCUT2D eigenvalue weighted by atomic mass is 16.5. The maximum atomic E-state index is 5.51. The average molecular weight is 264 g/mol. The molecule has 0 aromatic carbocycles. The monoisotopic (exact) mass is 264 g/mol. The van der Waals surface area contributed by atoms with Crippen molar-refractivity contribution < 1.29 is 14.0 Å². The van der Waals surface area contributed by atoms with Gasteiger partial charge < -0.3 is 14.0 Å². The lowest BCUT2D eigenvalue weighted by Crippen LogP contribution is -2.13. The minimum atomic E-state index is 0.216. The standard InChI is InChI=1S/C12H16N4O3/c1-2-10(18-3-1)7-17-8-12-15-11(16-19-12)4-9-5-13-14-6-9/h5-6,10H,1-4,7-8H2,(H,13,14). The van der Waals surface area contributed by atoms with Crippen LogP contribution < -0.4 is 0 Å². The topological polar surface area (TPSA) is 86.1 Å². The normalized spacial score (nSPS) is 19.1. The van der Waals surface area contributed by atoms with Gasteiger partial charge in [0.2, 0.25) is 0 Å². The van der Waals surface area contributed by atoms with Crippen LogP contribution in [0.4, 0.5) is 0 Å². The van der Waals surface area contributed by atoms with Crippen LogP contribution in [0.25, 0.3) is 0 Å². The SMILES string of the molecule is c1n[nH]cc1Cc1noc(COCC2CCCO2)n1. The Morgan fingerprint density at radius 1 is 1.47 bits per heavy atom. The van der Waals surface area contributed by atoms with E-state index in [1.807, 2.05) is 6.20 Å². The lowest BCUT2D eigenvalue weighted by molar-refractivity contribution is 0.00325. The molecule has 1 aliphatic heterocycles. The molecule has 1 unspecified atom stereocenters. The van der Waals surface area contributed by atoms with Crippen LogP contribution in [0, 0.1) is 0 Å². The number of rotatable bonds is 6. The lowest BCUT2D eigenvalue weighted by atomic mass is 10.2. The fourth-order valence-corrected chi connectivity index (χ4v) is 2.03. The number of hydrogen-bond acceptors (Lipinski definition) is 6. The van der Waals surface area contributed by atoms with Crippen molar-refractivity contribution in [2.75, 3.05) is 13.2 Å². The fraction of sp³-hybridized carbons (Fsp3) is 0.583. The molecule has 1 N–H and O–H groups in total. The highest BCUT2D eigenvalue weighted by Crippen LogP contribution is 2.13. The molecule has 3 heterocycles. The van der Waals surface area contributed by atoms with Crippen LogP contribution >= 0.6 is 0 Å². The molecule has 0 bridgehead atoms. The number of aromatic amines is 1. The summed E-state index contributed by atoms with van der Waals surface area (Å²) in [7, 11) is 0. The van der Waals surface area contributed by atoms with Crippen LogP contribution in [0.5, 0.6) is 0 Å². The summed E-state index contributed by atoms with van der Waals surface area (Å²) in [5.74, 6) is 1.13. The van der Waals surface area contributed by atoms with Crippen molar-refractivity contribution in [2.45, 2.75) is 32.0 Å². The van der Waals surface area contributed by atoms with Gasteiger partial charge >= 0.3 is 0 Å². The lowest BCUT2D eigenvalue weighted by Gasteiger charge is -2.07. The average Bonchev–Trinajstić information content (AvgIpc) is 3.12. The van der Waals surface area contributed by atoms with E-state index in [1.54, 1.807) is 6.20 Å². The molecule has 19 heavy (non-hydrogen) atoms. The first-order chi connectivity index (χ1) is 9.40. The van der Waals surface area contributed by atoms with Gasteiger partial charge in [-0.3, -0.25) is 5.10 Å². The van der Waals surface area contributed by atoms with E-state index < -0.39 is 0 Å². The highest BCUT2D eigenvalue weighted by molar-refractivity contribution is 5.09. The number of nitrogens with zero attached hydrogens (tertiary/aromatic N) is 3. The summed E-state index contributed by atoms with van der Waals surface area (Å²) in [6.07, 6.45) is 6.55. The summed E-state index contributed by atoms with van der Waals surface area (Å²) in [5, 5.41) is 10.5. The zero-order chi connectivity index (χ0) is 12.9. The van der Waals surface area contributed by atoms with Crippen LogP contribution in [0.1, 0.15) is 30.1 Å². The number of ether oxygens (including phenoxy) is 2. The summed E-state index contributed by atoms with van der Waals surface area (Å²) >= 11 is 0. The van der Waals surface area contributed by atoms with Crippen LogP contribution in [0.3, 0.4) is 0 Å². The molecular formula is C12H16N4O3. The molecule has 0 saturated carbocycles. The Morgan fingerprint density at radius 2 is 2.47 bits per heavy atom. The second kappa shape index (κ2) is 5.94. The Labute approximate surface area is 110 Å². The fourth-order valence-electron chi connectivity index (χ4n) is 2.03. The van der Waals surface area contributed by atoms with Crippen molar-refractivity contribution in [3.05, 3.63) is 29.7 Å². The van der Waals surface area contributed by atoms with Gasteiger partial charge in [-0.1, -0.05) is 5.16 Å². The summed E-state index contributed by atoms with van der Waals surface area (Å²) in [5.41, 5.74) is 1.02. The van der Waals surface area contributed by atoms with E-state index in [0.717, 1.165) is 25.0 Å². The smallest absolute Gasteiger partial charge is 0.252 e. The van der Waals surface area contributed by atoms with Crippen molar-refractivity contribution in [1.82, 2.24) is 20.3 Å². The molecule has 1 aliphatic rings. The largest absolute Gasteiger partial charge is 0.376 e. The van der Waals surface area contributed by atoms with E-state index in [-0.39, 0.29) is 6.10 Å². The van der Waals surface area contributed by atoms with Crippen molar-refractivity contribution >= 4 is 0 Å². The van der Waals surface area contributed by atoms with Gasteiger partial charge in [0, 0.05) is 19.2 Å². The number of H-pyrrole nitrogens is 1. The van der Waals surface area contributed by atoms with E-state index in [1.165, 1.54) is 0 Å².